The van der Waals surface area contributed by atoms with Gasteiger partial charge in [-0.3, -0.25) is 4.57 Å². The number of fused-ring (bicyclic) bond motifs is 12. The minimum atomic E-state index is -0.304. The Labute approximate surface area is 319 Å². The average Bonchev–Trinajstić information content (AvgIpc) is 3.76. The molecule has 2 heteroatoms. The standard InChI is InChI=1S/C53H34N2/c1-53-36-18-14-15-33(30-36)38-21-5-6-23-40(38)51-42-25-8-7-24-41(42)50(44-31-43(47(53)32-45(44)51)39-22-9-10-26-46(39)53)34-16-13-17-35(29-34)52-54-48-27-11-12-28-49(48)55(52)37-19-3-2-4-20-37/h2-32H,1H3. The number of para-hydroxylation sites is 3. The molecule has 55 heavy (non-hydrogen) atoms. The van der Waals surface area contributed by atoms with E-state index in [0.29, 0.717) is 0 Å². The molecule has 256 valence electrons. The molecule has 2 aliphatic carbocycles. The van der Waals surface area contributed by atoms with E-state index < -0.39 is 0 Å². The van der Waals surface area contributed by atoms with Gasteiger partial charge in [0.1, 0.15) is 5.82 Å². The zero-order valence-electron chi connectivity index (χ0n) is 30.3. The molecule has 0 spiro atoms. The molecule has 1 aromatic heterocycles. The quantitative estimate of drug-likeness (QED) is 0.168. The number of rotatable bonds is 3. The van der Waals surface area contributed by atoms with Crippen molar-refractivity contribution in [2.45, 2.75) is 12.3 Å². The van der Waals surface area contributed by atoms with Gasteiger partial charge in [-0.1, -0.05) is 140 Å². The number of imidazole rings is 1. The maximum atomic E-state index is 5.26. The van der Waals surface area contributed by atoms with Gasteiger partial charge in [-0.25, -0.2) is 4.98 Å². The summed E-state index contributed by atoms with van der Waals surface area (Å²) in [6, 6.07) is 69.5. The van der Waals surface area contributed by atoms with Crippen LogP contribution in [0.3, 0.4) is 0 Å². The van der Waals surface area contributed by atoms with Gasteiger partial charge in [0.05, 0.1) is 11.0 Å². The van der Waals surface area contributed by atoms with Gasteiger partial charge in [0, 0.05) is 16.7 Å². The zero-order chi connectivity index (χ0) is 36.3. The molecule has 0 saturated carbocycles. The molecule has 0 amide bonds. The first-order chi connectivity index (χ1) is 27.2. The smallest absolute Gasteiger partial charge is 0.145 e. The van der Waals surface area contributed by atoms with Crippen molar-refractivity contribution < 1.29 is 0 Å². The topological polar surface area (TPSA) is 17.8 Å². The summed E-state index contributed by atoms with van der Waals surface area (Å²) in [5.41, 5.74) is 18.1. The fourth-order valence-corrected chi connectivity index (χ4v) is 9.89. The summed E-state index contributed by atoms with van der Waals surface area (Å²) < 4.78 is 2.29. The van der Waals surface area contributed by atoms with E-state index in [1.807, 2.05) is 0 Å². The summed E-state index contributed by atoms with van der Waals surface area (Å²) in [4.78, 5) is 5.26. The van der Waals surface area contributed by atoms with Crippen LogP contribution in [0.15, 0.2) is 188 Å². The Hall–Kier alpha value is -7.03. The number of aromatic nitrogens is 2. The fraction of sp³-hybridized carbons (Fsp3) is 0.0377. The Morgan fingerprint density at radius 3 is 1.95 bits per heavy atom. The Balaban J connectivity index is 1.22. The van der Waals surface area contributed by atoms with E-state index in [-0.39, 0.29) is 5.41 Å². The van der Waals surface area contributed by atoms with Gasteiger partial charge in [0.15, 0.2) is 0 Å². The average molecular weight is 699 g/mol. The van der Waals surface area contributed by atoms with Gasteiger partial charge in [0.25, 0.3) is 0 Å². The summed E-state index contributed by atoms with van der Waals surface area (Å²) in [5, 5.41) is 5.05. The predicted octanol–water partition coefficient (Wildman–Crippen LogP) is 13.6. The van der Waals surface area contributed by atoms with Gasteiger partial charge < -0.3 is 0 Å². The Kier molecular flexibility index (Phi) is 6.22. The number of benzene rings is 9. The molecule has 2 aliphatic rings. The van der Waals surface area contributed by atoms with Crippen LogP contribution in [-0.2, 0) is 5.41 Å². The summed E-state index contributed by atoms with van der Waals surface area (Å²) in [6.45, 7) is 2.43. The SMILES string of the molecule is CC12c3cccc(c3)-c3ccccc3-c3c4ccccc4c(-c4cccc(-c5nc6ccccc6n5-c5ccccc5)c4)c4cc(c1cc34)-c1ccccc12. The van der Waals surface area contributed by atoms with Crippen LogP contribution in [0.5, 0.6) is 0 Å². The van der Waals surface area contributed by atoms with Gasteiger partial charge in [0.2, 0.25) is 0 Å². The van der Waals surface area contributed by atoms with Gasteiger partial charge in [-0.15, -0.1) is 0 Å². The van der Waals surface area contributed by atoms with Crippen LogP contribution in [0.2, 0.25) is 0 Å². The van der Waals surface area contributed by atoms with Crippen LogP contribution in [0.25, 0.3) is 94.2 Å². The van der Waals surface area contributed by atoms with Crippen LogP contribution in [0.1, 0.15) is 23.6 Å². The minimum Gasteiger partial charge on any atom is -0.292 e. The zero-order valence-corrected chi connectivity index (χ0v) is 30.3. The third kappa shape index (κ3) is 4.17. The number of hydrogen-bond donors (Lipinski definition) is 0. The lowest BCUT2D eigenvalue weighted by atomic mass is 9.72. The van der Waals surface area contributed by atoms with E-state index in [1.54, 1.807) is 0 Å². The highest BCUT2D eigenvalue weighted by atomic mass is 15.1. The summed E-state index contributed by atoms with van der Waals surface area (Å²) in [7, 11) is 0. The highest BCUT2D eigenvalue weighted by molar-refractivity contribution is 6.23. The van der Waals surface area contributed by atoms with E-state index in [0.717, 1.165) is 28.1 Å². The first-order valence-corrected chi connectivity index (χ1v) is 19.1. The first-order valence-electron chi connectivity index (χ1n) is 19.1. The van der Waals surface area contributed by atoms with E-state index in [4.69, 9.17) is 4.98 Å². The number of hydrogen-bond acceptors (Lipinski definition) is 1. The Morgan fingerprint density at radius 1 is 0.418 bits per heavy atom. The molecule has 12 rings (SSSR count). The molecular formula is C53H34N2. The van der Waals surface area contributed by atoms with Gasteiger partial charge in [-0.2, -0.15) is 0 Å². The van der Waals surface area contributed by atoms with Crippen molar-refractivity contribution in [3.05, 3.63) is 205 Å². The van der Waals surface area contributed by atoms with Crippen molar-refractivity contribution in [1.29, 1.82) is 0 Å². The second kappa shape index (κ2) is 11.2. The number of nitrogens with zero attached hydrogens (tertiary/aromatic N) is 2. The molecule has 0 N–H and O–H groups in total. The second-order valence-corrected chi connectivity index (χ2v) is 15.2. The molecule has 1 unspecified atom stereocenters. The van der Waals surface area contributed by atoms with Crippen LogP contribution in [0.4, 0.5) is 0 Å². The molecular weight excluding hydrogens is 665 g/mol. The Bertz CT molecular complexity index is 3220. The molecule has 9 aromatic carbocycles. The minimum absolute atomic E-state index is 0.304. The van der Waals surface area contributed by atoms with Crippen LogP contribution in [-0.4, -0.2) is 9.55 Å². The summed E-state index contributed by atoms with van der Waals surface area (Å²) in [6.07, 6.45) is 0. The van der Waals surface area contributed by atoms with E-state index in [9.17, 15) is 0 Å². The first kappa shape index (κ1) is 30.4. The van der Waals surface area contributed by atoms with E-state index in [2.05, 4.69) is 200 Å². The molecule has 2 nitrogen and oxygen atoms in total. The molecule has 10 aromatic rings. The third-order valence-electron chi connectivity index (χ3n) is 12.4. The van der Waals surface area contributed by atoms with Crippen LogP contribution < -0.4 is 0 Å². The van der Waals surface area contributed by atoms with Crippen molar-refractivity contribution in [3.63, 3.8) is 0 Å². The lowest BCUT2D eigenvalue weighted by Gasteiger charge is -2.30. The molecule has 4 bridgehead atoms. The van der Waals surface area contributed by atoms with Gasteiger partial charge >= 0.3 is 0 Å². The highest BCUT2D eigenvalue weighted by Crippen LogP contribution is 2.57. The van der Waals surface area contributed by atoms with E-state index >= 15 is 0 Å². The highest BCUT2D eigenvalue weighted by Gasteiger charge is 2.42. The predicted molar refractivity (Wildman–Crippen MR) is 229 cm³/mol. The molecule has 1 atom stereocenters. The largest absolute Gasteiger partial charge is 0.292 e. The normalized spacial score (nSPS) is 15.1. The van der Waals surface area contributed by atoms with Crippen molar-refractivity contribution in [2.24, 2.45) is 0 Å². The lowest BCUT2D eigenvalue weighted by Crippen LogP contribution is -2.22. The molecule has 0 fully saturated rings. The van der Waals surface area contributed by atoms with Crippen LogP contribution in [0, 0.1) is 0 Å². The Morgan fingerprint density at radius 2 is 1.07 bits per heavy atom. The molecule has 0 radical (unpaired) electrons. The third-order valence-corrected chi connectivity index (χ3v) is 12.4. The van der Waals surface area contributed by atoms with Crippen molar-refractivity contribution >= 4 is 32.6 Å². The van der Waals surface area contributed by atoms with Crippen molar-refractivity contribution in [2.75, 3.05) is 0 Å². The molecule has 1 heterocycles. The van der Waals surface area contributed by atoms with Crippen molar-refractivity contribution in [3.8, 4) is 61.6 Å². The fourth-order valence-electron chi connectivity index (χ4n) is 9.89. The van der Waals surface area contributed by atoms with E-state index in [1.165, 1.54) is 82.7 Å². The maximum Gasteiger partial charge on any atom is 0.145 e. The molecule has 0 aliphatic heterocycles. The van der Waals surface area contributed by atoms with Crippen LogP contribution >= 0.6 is 0 Å². The maximum absolute atomic E-state index is 5.26. The molecule has 0 saturated heterocycles. The summed E-state index contributed by atoms with van der Waals surface area (Å²) in [5.74, 6) is 0.933. The van der Waals surface area contributed by atoms with Crippen molar-refractivity contribution in [1.82, 2.24) is 9.55 Å². The summed E-state index contributed by atoms with van der Waals surface area (Å²) >= 11 is 0. The van der Waals surface area contributed by atoms with Gasteiger partial charge in [-0.05, 0) is 138 Å². The lowest BCUT2D eigenvalue weighted by molar-refractivity contribution is 0.715. The monoisotopic (exact) mass is 698 g/mol. The second-order valence-electron chi connectivity index (χ2n) is 15.2.